The van der Waals surface area contributed by atoms with Crippen molar-refractivity contribution in [2.45, 2.75) is 34.8 Å². The first-order chi connectivity index (χ1) is 15.7. The second-order valence-electron chi connectivity index (χ2n) is 7.18. The van der Waals surface area contributed by atoms with Crippen LogP contribution in [0.25, 0.3) is 11.3 Å². The Kier molecular flexibility index (Phi) is 7.18. The quantitative estimate of drug-likeness (QED) is 0.380. The van der Waals surface area contributed by atoms with Gasteiger partial charge in [-0.05, 0) is 30.3 Å². The lowest BCUT2D eigenvalue weighted by molar-refractivity contribution is -0.161. The maximum Gasteiger partial charge on any atom is 0.194 e. The van der Waals surface area contributed by atoms with E-state index in [0.29, 0.717) is 9.92 Å². The highest BCUT2D eigenvalue weighted by Crippen LogP contribution is 2.41. The van der Waals surface area contributed by atoms with Gasteiger partial charge in [0.15, 0.2) is 23.6 Å². The highest BCUT2D eigenvalue weighted by atomic mass is 35.5. The summed E-state index contributed by atoms with van der Waals surface area (Å²) in [5.74, 6) is -4.48. The van der Waals surface area contributed by atoms with Crippen molar-refractivity contribution in [2.24, 2.45) is 0 Å². The number of aliphatic hydroxyl groups is 2. The van der Waals surface area contributed by atoms with E-state index < -0.39 is 53.9 Å². The summed E-state index contributed by atoms with van der Waals surface area (Å²) in [4.78, 5) is 0.528. The number of rotatable bonds is 5. The van der Waals surface area contributed by atoms with E-state index in [1.807, 2.05) is 0 Å². The predicted octanol–water partition coefficient (Wildman–Crippen LogP) is 4.42. The molecule has 6 nitrogen and oxygen atoms in total. The van der Waals surface area contributed by atoms with Crippen LogP contribution in [-0.2, 0) is 4.74 Å². The normalized spacial score (nSPS) is 25.4. The predicted molar refractivity (Wildman–Crippen MR) is 113 cm³/mol. The Morgan fingerprint density at radius 3 is 2.42 bits per heavy atom. The number of aliphatic hydroxyl groups excluding tert-OH is 2. The highest BCUT2D eigenvalue weighted by Gasteiger charge is 2.47. The first-order valence-corrected chi connectivity index (χ1v) is 11.1. The molecule has 13 heteroatoms. The molecule has 0 spiro atoms. The molecule has 1 unspecified atom stereocenters. The molecule has 0 bridgehead atoms. The number of nitrogens with zero attached hydrogens (tertiary/aromatic N) is 3. The van der Waals surface area contributed by atoms with Crippen LogP contribution in [0.5, 0.6) is 0 Å². The molecule has 1 fully saturated rings. The second kappa shape index (κ2) is 9.77. The molecule has 3 aromatic rings. The maximum absolute atomic E-state index is 15.5. The highest BCUT2D eigenvalue weighted by molar-refractivity contribution is 7.99. The van der Waals surface area contributed by atoms with Crippen molar-refractivity contribution >= 4 is 35.0 Å². The third-order valence-electron chi connectivity index (χ3n) is 5.04. The van der Waals surface area contributed by atoms with Crippen molar-refractivity contribution in [1.82, 2.24) is 15.0 Å². The van der Waals surface area contributed by atoms with Gasteiger partial charge in [-0.1, -0.05) is 40.2 Å². The number of ether oxygens (including phenoxy) is 1. The van der Waals surface area contributed by atoms with Crippen LogP contribution >= 0.6 is 35.0 Å². The van der Waals surface area contributed by atoms with Gasteiger partial charge in [0.1, 0.15) is 29.4 Å². The number of alkyl halides is 1. The largest absolute Gasteiger partial charge is 0.394 e. The first kappa shape index (κ1) is 24.2. The fourth-order valence-corrected chi connectivity index (χ4v) is 4.84. The summed E-state index contributed by atoms with van der Waals surface area (Å²) in [7, 11) is 0. The summed E-state index contributed by atoms with van der Waals surface area (Å²) in [6.07, 6.45) is -3.37. The molecule has 0 aliphatic carbocycles. The van der Waals surface area contributed by atoms with Crippen LogP contribution in [0.15, 0.2) is 41.4 Å². The first-order valence-electron chi connectivity index (χ1n) is 9.46. The Morgan fingerprint density at radius 1 is 1.09 bits per heavy atom. The zero-order valence-corrected chi connectivity index (χ0v) is 18.7. The summed E-state index contributed by atoms with van der Waals surface area (Å²) in [6.45, 7) is -0.612. The molecular weight excluding hydrogens is 509 g/mol. The van der Waals surface area contributed by atoms with Gasteiger partial charge in [0, 0.05) is 10.5 Å². The molecule has 1 aromatic heterocycles. The minimum Gasteiger partial charge on any atom is -0.394 e. The van der Waals surface area contributed by atoms with E-state index in [-0.39, 0.29) is 16.3 Å². The van der Waals surface area contributed by atoms with Gasteiger partial charge in [-0.25, -0.2) is 22.2 Å². The Bertz CT molecular complexity index is 1150. The van der Waals surface area contributed by atoms with E-state index in [1.54, 1.807) is 6.07 Å². The molecular formula is C20H15Cl2F4N3O3S. The zero-order chi connectivity index (χ0) is 23.9. The molecule has 2 heterocycles. The van der Waals surface area contributed by atoms with Crippen LogP contribution in [-0.4, -0.2) is 55.6 Å². The van der Waals surface area contributed by atoms with Gasteiger partial charge >= 0.3 is 0 Å². The number of thioether (sulfide) groups is 1. The minimum atomic E-state index is -1.85. The van der Waals surface area contributed by atoms with Gasteiger partial charge in [-0.2, -0.15) is 0 Å². The number of aromatic nitrogens is 3. The van der Waals surface area contributed by atoms with Crippen LogP contribution in [0.4, 0.5) is 17.6 Å². The number of benzene rings is 2. The molecule has 1 saturated heterocycles. The SMILES string of the molecule is OC[C@H]1O[C@@H](Sc2ccc(Cl)c(Cl)c2)[C@H](F)C(n2cc(-c3cc(F)c(F)c(F)c3)nn2)[C@H]1O. The standard InChI is InChI=1S/C20H15Cl2F4N3O3S/c21-10-2-1-9(5-11(10)22)33-20-17(26)18(19(31)15(7-30)32-20)29-6-14(27-28-29)8-3-12(23)16(25)13(24)4-8/h1-6,15,17-20,30-31H,7H2/t15-,17-,18?,19+,20+/m1/s1. The van der Waals surface area contributed by atoms with Gasteiger partial charge in [-0.15, -0.1) is 5.10 Å². The average Bonchev–Trinajstić information content (AvgIpc) is 3.26. The molecule has 0 radical (unpaired) electrons. The van der Waals surface area contributed by atoms with Crippen LogP contribution in [0.1, 0.15) is 6.04 Å². The van der Waals surface area contributed by atoms with E-state index in [9.17, 15) is 23.4 Å². The molecule has 0 amide bonds. The maximum atomic E-state index is 15.5. The fourth-order valence-electron chi connectivity index (χ4n) is 3.39. The third kappa shape index (κ3) is 4.84. The average molecular weight is 524 g/mol. The Balaban J connectivity index is 1.63. The lowest BCUT2D eigenvalue weighted by Gasteiger charge is -2.40. The third-order valence-corrected chi connectivity index (χ3v) is 6.91. The van der Waals surface area contributed by atoms with Gasteiger partial charge < -0.3 is 14.9 Å². The smallest absolute Gasteiger partial charge is 0.194 e. The minimum absolute atomic E-state index is 0.0760. The van der Waals surface area contributed by atoms with Gasteiger partial charge in [0.2, 0.25) is 0 Å². The summed E-state index contributed by atoms with van der Waals surface area (Å²) < 4.78 is 62.4. The van der Waals surface area contributed by atoms with Gasteiger partial charge in [0.25, 0.3) is 0 Å². The molecule has 33 heavy (non-hydrogen) atoms. The van der Waals surface area contributed by atoms with Crippen molar-refractivity contribution in [3.63, 3.8) is 0 Å². The van der Waals surface area contributed by atoms with Crippen LogP contribution < -0.4 is 0 Å². The summed E-state index contributed by atoms with van der Waals surface area (Å²) in [6, 6.07) is 4.74. The Labute approximate surface area is 199 Å². The van der Waals surface area contributed by atoms with Crippen molar-refractivity contribution in [2.75, 3.05) is 6.61 Å². The lowest BCUT2D eigenvalue weighted by Crippen LogP contribution is -2.53. The molecule has 2 N–H and O–H groups in total. The molecule has 1 aliphatic heterocycles. The Hall–Kier alpha value is -1.89. The van der Waals surface area contributed by atoms with Gasteiger partial charge in [0.05, 0.1) is 22.8 Å². The molecule has 5 atom stereocenters. The van der Waals surface area contributed by atoms with E-state index in [2.05, 4.69) is 10.3 Å². The van der Waals surface area contributed by atoms with Crippen LogP contribution in [0, 0.1) is 17.5 Å². The molecule has 4 rings (SSSR count). The van der Waals surface area contributed by atoms with Crippen molar-refractivity contribution in [3.05, 3.63) is 64.0 Å². The van der Waals surface area contributed by atoms with Crippen LogP contribution in [0.3, 0.4) is 0 Å². The summed E-state index contributed by atoms with van der Waals surface area (Å²) in [5, 5.41) is 28.3. The number of halogens is 6. The number of hydrogen-bond acceptors (Lipinski definition) is 6. The van der Waals surface area contributed by atoms with Crippen LogP contribution in [0.2, 0.25) is 10.0 Å². The number of hydrogen-bond donors (Lipinski definition) is 2. The van der Waals surface area contributed by atoms with E-state index in [1.165, 1.54) is 12.1 Å². The lowest BCUT2D eigenvalue weighted by atomic mass is 9.98. The van der Waals surface area contributed by atoms with Crippen molar-refractivity contribution in [3.8, 4) is 11.3 Å². The second-order valence-corrected chi connectivity index (χ2v) is 9.17. The van der Waals surface area contributed by atoms with Crippen molar-refractivity contribution in [1.29, 1.82) is 0 Å². The Morgan fingerprint density at radius 2 is 1.79 bits per heavy atom. The fraction of sp³-hybridized carbons (Fsp3) is 0.300. The monoisotopic (exact) mass is 523 g/mol. The summed E-state index contributed by atoms with van der Waals surface area (Å²) in [5.41, 5.74) is -1.39. The van der Waals surface area contributed by atoms with Crippen molar-refractivity contribution < 1.29 is 32.5 Å². The topological polar surface area (TPSA) is 80.4 Å². The molecule has 0 saturated carbocycles. The van der Waals surface area contributed by atoms with E-state index >= 15 is 4.39 Å². The van der Waals surface area contributed by atoms with E-state index in [4.69, 9.17) is 27.9 Å². The summed E-state index contributed by atoms with van der Waals surface area (Å²) >= 11 is 12.9. The molecule has 1 aliphatic rings. The molecule has 176 valence electrons. The van der Waals surface area contributed by atoms with Gasteiger partial charge in [-0.3, -0.25) is 0 Å². The van der Waals surface area contributed by atoms with E-state index in [0.717, 1.165) is 34.8 Å². The molecule has 2 aromatic carbocycles. The zero-order valence-electron chi connectivity index (χ0n) is 16.4.